The molecule has 0 aromatic heterocycles. The minimum Gasteiger partial charge on any atom is -0.347 e. The average Bonchev–Trinajstić information content (AvgIpc) is 2.81. The molecule has 15 heavy (non-hydrogen) atoms. The van der Waals surface area contributed by atoms with Crippen LogP contribution in [-0.4, -0.2) is 11.4 Å². The summed E-state index contributed by atoms with van der Waals surface area (Å²) in [5.41, 5.74) is 0.605. The molecule has 1 aliphatic rings. The van der Waals surface area contributed by atoms with Crippen LogP contribution < -0.4 is 5.32 Å². The van der Waals surface area contributed by atoms with Crippen LogP contribution in [0.5, 0.6) is 0 Å². The summed E-state index contributed by atoms with van der Waals surface area (Å²) in [6, 6.07) is 5.21. The number of hydrogen-bond donors (Lipinski definition) is 1. The van der Waals surface area contributed by atoms with Crippen molar-refractivity contribution in [3.05, 3.63) is 33.3 Å². The number of amides is 1. The van der Waals surface area contributed by atoms with E-state index in [0.29, 0.717) is 10.6 Å². The van der Waals surface area contributed by atoms with Crippen LogP contribution >= 0.6 is 27.5 Å². The predicted molar refractivity (Wildman–Crippen MR) is 64.3 cm³/mol. The van der Waals surface area contributed by atoms with Crippen molar-refractivity contribution in [1.82, 2.24) is 5.32 Å². The minimum absolute atomic E-state index is 0.00583. The van der Waals surface area contributed by atoms with Crippen LogP contribution in [0.25, 0.3) is 0 Å². The van der Waals surface area contributed by atoms with E-state index < -0.39 is 0 Å². The number of benzene rings is 1. The van der Waals surface area contributed by atoms with Crippen LogP contribution in [0, 0.1) is 0 Å². The highest BCUT2D eigenvalue weighted by molar-refractivity contribution is 9.10. The number of carbonyl (C=O) groups excluding carboxylic acids is 1. The van der Waals surface area contributed by atoms with E-state index in [4.69, 9.17) is 11.6 Å². The van der Waals surface area contributed by atoms with Crippen LogP contribution in [0.15, 0.2) is 22.7 Å². The zero-order chi connectivity index (χ0) is 11.1. The number of rotatable bonds is 2. The zero-order valence-electron chi connectivity index (χ0n) is 8.31. The van der Waals surface area contributed by atoms with Crippen LogP contribution in [0.3, 0.4) is 0 Å². The molecule has 0 aliphatic heterocycles. The van der Waals surface area contributed by atoms with Crippen LogP contribution in [0.4, 0.5) is 0 Å². The molecule has 80 valence electrons. The Morgan fingerprint density at radius 3 is 2.67 bits per heavy atom. The maximum Gasteiger partial charge on any atom is 0.251 e. The van der Waals surface area contributed by atoms with E-state index in [1.54, 1.807) is 18.2 Å². The van der Waals surface area contributed by atoms with Gasteiger partial charge in [-0.05, 0) is 38.0 Å². The molecule has 1 N–H and O–H groups in total. The molecule has 2 rings (SSSR count). The van der Waals surface area contributed by atoms with Gasteiger partial charge in [0.25, 0.3) is 5.91 Å². The van der Waals surface area contributed by atoms with Gasteiger partial charge in [-0.25, -0.2) is 0 Å². The normalized spacial score (nSPS) is 17.3. The smallest absolute Gasteiger partial charge is 0.251 e. The monoisotopic (exact) mass is 287 g/mol. The molecule has 0 unspecified atom stereocenters. The Kier molecular flexibility index (Phi) is 2.77. The summed E-state index contributed by atoms with van der Waals surface area (Å²) in [5, 5.41) is 3.55. The first-order chi connectivity index (χ1) is 6.98. The van der Waals surface area contributed by atoms with E-state index >= 15 is 0 Å². The van der Waals surface area contributed by atoms with Gasteiger partial charge < -0.3 is 5.32 Å². The largest absolute Gasteiger partial charge is 0.347 e. The second kappa shape index (κ2) is 3.80. The SMILES string of the molecule is CC1(NC(=O)c2cc(Cl)cc(Br)c2)CC1. The predicted octanol–water partition coefficient (Wildman–Crippen LogP) is 3.38. The summed E-state index contributed by atoms with van der Waals surface area (Å²) >= 11 is 9.18. The molecule has 1 aliphatic carbocycles. The van der Waals surface area contributed by atoms with Crippen LogP contribution in [0.2, 0.25) is 5.02 Å². The van der Waals surface area contributed by atoms with Crippen molar-refractivity contribution in [2.24, 2.45) is 0 Å². The summed E-state index contributed by atoms with van der Waals surface area (Å²) in [7, 11) is 0. The van der Waals surface area contributed by atoms with Gasteiger partial charge in [-0.2, -0.15) is 0 Å². The van der Waals surface area contributed by atoms with E-state index in [9.17, 15) is 4.79 Å². The molecule has 4 heteroatoms. The number of hydrogen-bond acceptors (Lipinski definition) is 1. The number of halogens is 2. The van der Waals surface area contributed by atoms with Crippen molar-refractivity contribution in [2.45, 2.75) is 25.3 Å². The first-order valence-corrected chi connectivity index (χ1v) is 5.94. The molecule has 0 radical (unpaired) electrons. The first kappa shape index (κ1) is 11.0. The fraction of sp³-hybridized carbons (Fsp3) is 0.364. The highest BCUT2D eigenvalue weighted by Gasteiger charge is 2.38. The Labute approximate surface area is 102 Å². The van der Waals surface area contributed by atoms with Crippen molar-refractivity contribution in [3.8, 4) is 0 Å². The Bertz CT molecular complexity index is 395. The summed E-state index contributed by atoms with van der Waals surface area (Å²) < 4.78 is 0.820. The Hall–Kier alpha value is -0.540. The van der Waals surface area contributed by atoms with E-state index in [1.807, 2.05) is 6.92 Å². The van der Waals surface area contributed by atoms with E-state index in [1.165, 1.54) is 0 Å². The quantitative estimate of drug-likeness (QED) is 0.888. The molecule has 1 fully saturated rings. The third-order valence-corrected chi connectivity index (χ3v) is 3.22. The molecule has 0 bridgehead atoms. The lowest BCUT2D eigenvalue weighted by molar-refractivity contribution is 0.0935. The zero-order valence-corrected chi connectivity index (χ0v) is 10.7. The lowest BCUT2D eigenvalue weighted by atomic mass is 10.2. The first-order valence-electron chi connectivity index (χ1n) is 4.77. The highest BCUT2D eigenvalue weighted by Crippen LogP contribution is 2.34. The maximum atomic E-state index is 11.8. The molecule has 1 saturated carbocycles. The number of nitrogens with one attached hydrogen (secondary N) is 1. The van der Waals surface area contributed by atoms with E-state index in [0.717, 1.165) is 17.3 Å². The van der Waals surface area contributed by atoms with Gasteiger partial charge in [0.15, 0.2) is 0 Å². The van der Waals surface area contributed by atoms with Gasteiger partial charge in [-0.1, -0.05) is 27.5 Å². The van der Waals surface area contributed by atoms with Gasteiger partial charge >= 0.3 is 0 Å². The van der Waals surface area contributed by atoms with Gasteiger partial charge in [-0.3, -0.25) is 4.79 Å². The van der Waals surface area contributed by atoms with Crippen molar-refractivity contribution in [2.75, 3.05) is 0 Å². The van der Waals surface area contributed by atoms with Gasteiger partial charge in [-0.15, -0.1) is 0 Å². The van der Waals surface area contributed by atoms with E-state index in [-0.39, 0.29) is 11.4 Å². The third kappa shape index (κ3) is 2.73. The van der Waals surface area contributed by atoms with Crippen molar-refractivity contribution in [1.29, 1.82) is 0 Å². The molecule has 0 spiro atoms. The molecule has 1 aromatic rings. The second-order valence-electron chi connectivity index (χ2n) is 4.17. The summed E-state index contributed by atoms with van der Waals surface area (Å²) in [5.74, 6) is -0.0572. The Morgan fingerprint density at radius 2 is 2.13 bits per heavy atom. The lowest BCUT2D eigenvalue weighted by Gasteiger charge is -2.11. The topological polar surface area (TPSA) is 29.1 Å². The Balaban J connectivity index is 2.17. The van der Waals surface area contributed by atoms with Gasteiger partial charge in [0, 0.05) is 20.6 Å². The van der Waals surface area contributed by atoms with Gasteiger partial charge in [0.2, 0.25) is 0 Å². The van der Waals surface area contributed by atoms with Crippen molar-refractivity contribution < 1.29 is 4.79 Å². The molecule has 0 heterocycles. The molecule has 1 amide bonds. The molecular formula is C11H11BrClNO. The number of carbonyl (C=O) groups is 1. The average molecular weight is 289 g/mol. The lowest BCUT2D eigenvalue weighted by Crippen LogP contribution is -2.34. The van der Waals surface area contributed by atoms with Crippen molar-refractivity contribution in [3.63, 3.8) is 0 Å². The second-order valence-corrected chi connectivity index (χ2v) is 5.53. The summed E-state index contributed by atoms with van der Waals surface area (Å²) in [4.78, 5) is 11.8. The molecule has 2 nitrogen and oxygen atoms in total. The fourth-order valence-corrected chi connectivity index (χ4v) is 2.20. The molecule has 0 atom stereocenters. The van der Waals surface area contributed by atoms with E-state index in [2.05, 4.69) is 21.2 Å². The van der Waals surface area contributed by atoms with Gasteiger partial charge in [0.05, 0.1) is 0 Å². The standard InChI is InChI=1S/C11H11BrClNO/c1-11(2-3-11)14-10(15)7-4-8(12)6-9(13)5-7/h4-6H,2-3H2,1H3,(H,14,15). The van der Waals surface area contributed by atoms with Crippen LogP contribution in [-0.2, 0) is 0 Å². The van der Waals surface area contributed by atoms with Gasteiger partial charge in [0.1, 0.15) is 0 Å². The third-order valence-electron chi connectivity index (χ3n) is 2.54. The fourth-order valence-electron chi connectivity index (χ4n) is 1.34. The van der Waals surface area contributed by atoms with Crippen molar-refractivity contribution >= 4 is 33.4 Å². The molecule has 0 saturated heterocycles. The summed E-state index contributed by atoms with van der Waals surface area (Å²) in [6.07, 6.45) is 2.11. The minimum atomic E-state index is -0.0572. The molecular weight excluding hydrogens is 277 g/mol. The Morgan fingerprint density at radius 1 is 1.47 bits per heavy atom. The molecule has 1 aromatic carbocycles. The summed E-state index contributed by atoms with van der Waals surface area (Å²) in [6.45, 7) is 2.05. The highest BCUT2D eigenvalue weighted by atomic mass is 79.9. The van der Waals surface area contributed by atoms with Crippen LogP contribution in [0.1, 0.15) is 30.1 Å². The maximum absolute atomic E-state index is 11.8.